The minimum Gasteiger partial charge on any atom is -0.314 e. The Morgan fingerprint density at radius 2 is 1.96 bits per heavy atom. The second kappa shape index (κ2) is 6.69. The van der Waals surface area contributed by atoms with Crippen molar-refractivity contribution in [2.24, 2.45) is 0 Å². The number of pyridine rings is 1. The summed E-state index contributed by atoms with van der Waals surface area (Å²) in [7, 11) is 0. The summed E-state index contributed by atoms with van der Waals surface area (Å²) in [5, 5.41) is 4.65. The zero-order valence-corrected chi connectivity index (χ0v) is 15.1. The van der Waals surface area contributed by atoms with Crippen LogP contribution >= 0.6 is 27.3 Å². The van der Waals surface area contributed by atoms with Gasteiger partial charge in [-0.3, -0.25) is 9.88 Å². The number of halogens is 1. The normalized spacial score (nSPS) is 17.4. The summed E-state index contributed by atoms with van der Waals surface area (Å²) >= 11 is 5.43. The van der Waals surface area contributed by atoms with Gasteiger partial charge in [0.2, 0.25) is 0 Å². The van der Waals surface area contributed by atoms with Gasteiger partial charge >= 0.3 is 0 Å². The van der Waals surface area contributed by atoms with Crippen LogP contribution in [0.4, 0.5) is 0 Å². The van der Waals surface area contributed by atoms with Crippen LogP contribution < -0.4 is 5.32 Å². The van der Waals surface area contributed by atoms with Crippen LogP contribution in [0.25, 0.3) is 10.9 Å². The molecule has 4 rings (SSSR count). The maximum atomic E-state index is 4.68. The number of benzene rings is 1. The molecule has 3 nitrogen and oxygen atoms in total. The van der Waals surface area contributed by atoms with Crippen molar-refractivity contribution in [3.8, 4) is 0 Å². The zero-order chi connectivity index (χ0) is 15.6. The van der Waals surface area contributed by atoms with E-state index in [0.717, 1.165) is 31.7 Å². The van der Waals surface area contributed by atoms with Gasteiger partial charge in [-0.2, -0.15) is 0 Å². The average Bonchev–Trinajstić information content (AvgIpc) is 3.02. The fourth-order valence-corrected chi connectivity index (χ4v) is 4.80. The van der Waals surface area contributed by atoms with Crippen molar-refractivity contribution in [1.29, 1.82) is 0 Å². The molecule has 0 spiro atoms. The predicted octanol–water partition coefficient (Wildman–Crippen LogP) is 4.05. The first-order chi connectivity index (χ1) is 11.3. The number of para-hydroxylation sites is 1. The van der Waals surface area contributed by atoms with Crippen molar-refractivity contribution in [3.63, 3.8) is 0 Å². The molecule has 1 atom stereocenters. The van der Waals surface area contributed by atoms with E-state index in [-0.39, 0.29) is 6.04 Å². The number of nitrogens with zero attached hydrogens (tertiary/aromatic N) is 2. The predicted molar refractivity (Wildman–Crippen MR) is 100 cm³/mol. The van der Waals surface area contributed by atoms with E-state index in [4.69, 9.17) is 0 Å². The van der Waals surface area contributed by atoms with Crippen LogP contribution in [-0.4, -0.2) is 36.1 Å². The highest BCUT2D eigenvalue weighted by atomic mass is 79.9. The van der Waals surface area contributed by atoms with Gasteiger partial charge in [0.15, 0.2) is 0 Å². The van der Waals surface area contributed by atoms with E-state index in [1.54, 1.807) is 0 Å². The fourth-order valence-electron chi connectivity index (χ4n) is 3.21. The highest BCUT2D eigenvalue weighted by molar-refractivity contribution is 9.11. The Morgan fingerprint density at radius 3 is 2.74 bits per heavy atom. The Labute approximate surface area is 148 Å². The molecule has 0 aliphatic carbocycles. The van der Waals surface area contributed by atoms with Crippen molar-refractivity contribution < 1.29 is 0 Å². The van der Waals surface area contributed by atoms with Crippen LogP contribution in [0.3, 0.4) is 0 Å². The zero-order valence-electron chi connectivity index (χ0n) is 12.7. The lowest BCUT2D eigenvalue weighted by atomic mass is 10.0. The van der Waals surface area contributed by atoms with Gasteiger partial charge in [-0.1, -0.05) is 18.2 Å². The highest BCUT2D eigenvalue weighted by Crippen LogP contribution is 2.36. The van der Waals surface area contributed by atoms with Gasteiger partial charge in [0.25, 0.3) is 0 Å². The largest absolute Gasteiger partial charge is 0.314 e. The van der Waals surface area contributed by atoms with Gasteiger partial charge in [-0.15, -0.1) is 11.3 Å². The molecule has 23 heavy (non-hydrogen) atoms. The minimum atomic E-state index is 0.283. The summed E-state index contributed by atoms with van der Waals surface area (Å²) in [6.07, 6.45) is 2.04. The van der Waals surface area contributed by atoms with E-state index in [2.05, 4.69) is 67.5 Å². The van der Waals surface area contributed by atoms with Crippen molar-refractivity contribution in [2.45, 2.75) is 6.04 Å². The van der Waals surface area contributed by atoms with E-state index in [1.165, 1.54) is 19.6 Å². The van der Waals surface area contributed by atoms with Gasteiger partial charge in [0.1, 0.15) is 0 Å². The second-order valence-corrected chi connectivity index (χ2v) is 8.29. The molecular weight excluding hydrogens is 370 g/mol. The standard InChI is InChI=1S/C18H18BrN3S/c19-17-6-5-16(23-17)18(22-9-7-20-8-10-22)14-11-13-3-1-2-4-15(13)21-12-14/h1-6,11-12,18,20H,7-10H2. The molecular formula is C18H18BrN3S. The Kier molecular flexibility index (Phi) is 4.44. The van der Waals surface area contributed by atoms with Crippen LogP contribution in [-0.2, 0) is 0 Å². The summed E-state index contributed by atoms with van der Waals surface area (Å²) in [4.78, 5) is 8.61. The first-order valence-corrected chi connectivity index (χ1v) is 9.47. The molecule has 1 N–H and O–H groups in total. The molecule has 1 unspecified atom stereocenters. The number of thiophene rings is 1. The first-order valence-electron chi connectivity index (χ1n) is 7.86. The molecule has 1 aromatic carbocycles. The van der Waals surface area contributed by atoms with E-state index in [1.807, 2.05) is 23.6 Å². The smallest absolute Gasteiger partial charge is 0.0712 e. The van der Waals surface area contributed by atoms with Gasteiger partial charge in [-0.05, 0) is 45.8 Å². The summed E-state index contributed by atoms with van der Waals surface area (Å²) in [5.41, 5.74) is 2.34. The number of hydrogen-bond acceptors (Lipinski definition) is 4. The molecule has 0 saturated carbocycles. The number of piperazine rings is 1. The monoisotopic (exact) mass is 387 g/mol. The fraction of sp³-hybridized carbons (Fsp3) is 0.278. The third kappa shape index (κ3) is 3.19. The van der Waals surface area contributed by atoms with Crippen LogP contribution in [0, 0.1) is 0 Å². The molecule has 3 heterocycles. The van der Waals surface area contributed by atoms with Crippen LogP contribution in [0.2, 0.25) is 0 Å². The van der Waals surface area contributed by atoms with E-state index in [0.29, 0.717) is 0 Å². The first kappa shape index (κ1) is 15.3. The Hall–Kier alpha value is -1.27. The lowest BCUT2D eigenvalue weighted by Gasteiger charge is -2.34. The summed E-state index contributed by atoms with van der Waals surface area (Å²) in [5.74, 6) is 0. The molecule has 5 heteroatoms. The molecule has 1 fully saturated rings. The number of fused-ring (bicyclic) bond motifs is 1. The Bertz CT molecular complexity index is 811. The third-order valence-electron chi connectivity index (χ3n) is 4.31. The molecule has 1 aliphatic rings. The summed E-state index contributed by atoms with van der Waals surface area (Å²) in [6, 6.07) is 15.3. The van der Waals surface area contributed by atoms with Crippen molar-refractivity contribution in [2.75, 3.05) is 26.2 Å². The molecule has 2 aromatic heterocycles. The number of hydrogen-bond donors (Lipinski definition) is 1. The molecule has 1 saturated heterocycles. The molecule has 118 valence electrons. The van der Waals surface area contributed by atoms with Gasteiger partial charge < -0.3 is 5.32 Å². The van der Waals surface area contributed by atoms with Crippen molar-refractivity contribution in [3.05, 3.63) is 62.9 Å². The molecule has 1 aliphatic heterocycles. The number of aromatic nitrogens is 1. The van der Waals surface area contributed by atoms with Gasteiger partial charge in [-0.25, -0.2) is 0 Å². The number of nitrogens with one attached hydrogen (secondary N) is 1. The summed E-state index contributed by atoms with van der Waals surface area (Å²) in [6.45, 7) is 4.22. The molecule has 0 bridgehead atoms. The van der Waals surface area contributed by atoms with E-state index >= 15 is 0 Å². The lowest BCUT2D eigenvalue weighted by Crippen LogP contribution is -2.45. The highest BCUT2D eigenvalue weighted by Gasteiger charge is 2.25. The molecule has 0 radical (unpaired) electrons. The molecule has 3 aromatic rings. The van der Waals surface area contributed by atoms with Crippen molar-refractivity contribution in [1.82, 2.24) is 15.2 Å². The van der Waals surface area contributed by atoms with Crippen LogP contribution in [0.5, 0.6) is 0 Å². The minimum absolute atomic E-state index is 0.283. The summed E-state index contributed by atoms with van der Waals surface area (Å²) < 4.78 is 1.18. The van der Waals surface area contributed by atoms with Crippen LogP contribution in [0.15, 0.2) is 52.4 Å². The second-order valence-electron chi connectivity index (χ2n) is 5.79. The Balaban J connectivity index is 1.78. The SMILES string of the molecule is Brc1ccc(C(c2cnc3ccccc3c2)N2CCNCC2)s1. The Morgan fingerprint density at radius 1 is 1.13 bits per heavy atom. The van der Waals surface area contributed by atoms with E-state index < -0.39 is 0 Å². The van der Waals surface area contributed by atoms with Gasteiger partial charge in [0, 0.05) is 42.6 Å². The third-order valence-corrected chi connectivity index (χ3v) is 5.98. The van der Waals surface area contributed by atoms with Gasteiger partial charge in [0.05, 0.1) is 15.3 Å². The molecule has 0 amide bonds. The lowest BCUT2D eigenvalue weighted by molar-refractivity contribution is 0.200. The average molecular weight is 388 g/mol. The van der Waals surface area contributed by atoms with Crippen molar-refractivity contribution >= 4 is 38.2 Å². The van der Waals surface area contributed by atoms with E-state index in [9.17, 15) is 0 Å². The topological polar surface area (TPSA) is 28.2 Å². The van der Waals surface area contributed by atoms with Crippen LogP contribution in [0.1, 0.15) is 16.5 Å². The maximum absolute atomic E-state index is 4.68. The maximum Gasteiger partial charge on any atom is 0.0712 e. The quantitative estimate of drug-likeness (QED) is 0.734. The number of rotatable bonds is 3.